The molecule has 4 N–H and O–H groups in total. The molecule has 5 amide bonds. The first-order valence-corrected chi connectivity index (χ1v) is 21.6. The standard InChI is InChI=1S/C50H55N5O6S/c1-33(2)44(54-42(56)30-51-43(57)31-55(6)48(60)61-45-40-28-18-16-26-38(40)39-27-17-19-29-41(39)45)47(59)53-34(3)46(58)52-32-49(4,5)62-50(35-20-10-7-11-21-35,36-22-12-8-13-23-36)37-24-14-9-15-25-37/h7-29,33-34,44-45H,30-32H2,1-6H3,(H,51,57)(H,52,58)(H,53,59)(H,54,56)/t34-,44-/m0/s1. The van der Waals surface area contributed by atoms with E-state index in [1.165, 1.54) is 7.05 Å². The number of hydrogen-bond donors (Lipinski definition) is 4. The van der Waals surface area contributed by atoms with Crippen molar-refractivity contribution in [1.82, 2.24) is 26.2 Å². The van der Waals surface area contributed by atoms with Crippen LogP contribution in [0.5, 0.6) is 0 Å². The predicted octanol–water partition coefficient (Wildman–Crippen LogP) is 7.21. The first-order valence-electron chi connectivity index (χ1n) is 20.8. The van der Waals surface area contributed by atoms with Gasteiger partial charge in [0.15, 0.2) is 6.10 Å². The van der Waals surface area contributed by atoms with Gasteiger partial charge in [0.25, 0.3) is 0 Å². The molecule has 11 nitrogen and oxygen atoms in total. The van der Waals surface area contributed by atoms with E-state index < -0.39 is 58.0 Å². The molecular formula is C50H55N5O6S. The minimum absolute atomic E-state index is 0.296. The van der Waals surface area contributed by atoms with Crippen LogP contribution in [0.4, 0.5) is 4.79 Å². The molecule has 5 aromatic rings. The van der Waals surface area contributed by atoms with E-state index in [9.17, 15) is 24.0 Å². The summed E-state index contributed by atoms with van der Waals surface area (Å²) in [5, 5.41) is 11.0. The van der Waals surface area contributed by atoms with Gasteiger partial charge in [0.2, 0.25) is 23.6 Å². The van der Waals surface area contributed by atoms with Crippen LogP contribution in [-0.4, -0.2) is 78.1 Å². The summed E-state index contributed by atoms with van der Waals surface area (Å²) >= 11 is 1.74. The largest absolute Gasteiger partial charge is 0.436 e. The second kappa shape index (κ2) is 20.0. The van der Waals surface area contributed by atoms with Crippen molar-refractivity contribution in [2.75, 3.05) is 26.7 Å². The highest BCUT2D eigenvalue weighted by atomic mass is 32.2. The predicted molar refractivity (Wildman–Crippen MR) is 244 cm³/mol. The number of ether oxygens (including phenoxy) is 1. The average Bonchev–Trinajstić information content (AvgIpc) is 3.59. The lowest BCUT2D eigenvalue weighted by molar-refractivity contribution is -0.133. The van der Waals surface area contributed by atoms with Gasteiger partial charge in [-0.1, -0.05) is 153 Å². The highest BCUT2D eigenvalue weighted by Gasteiger charge is 2.42. The first-order chi connectivity index (χ1) is 29.7. The van der Waals surface area contributed by atoms with E-state index in [0.717, 1.165) is 43.8 Å². The zero-order valence-electron chi connectivity index (χ0n) is 36.0. The Morgan fingerprint density at radius 1 is 0.629 bits per heavy atom. The van der Waals surface area contributed by atoms with E-state index in [1.807, 2.05) is 103 Å². The Labute approximate surface area is 368 Å². The monoisotopic (exact) mass is 853 g/mol. The molecule has 6 rings (SSSR count). The number of rotatable bonds is 17. The number of nitrogens with zero attached hydrogens (tertiary/aromatic N) is 1. The lowest BCUT2D eigenvalue weighted by Crippen LogP contribution is -2.56. The molecule has 0 saturated heterocycles. The third-order valence-electron chi connectivity index (χ3n) is 10.8. The third kappa shape index (κ3) is 10.5. The number of likely N-dealkylation sites (N-methyl/N-ethyl adjacent to an activating group) is 1. The number of fused-ring (bicyclic) bond motifs is 3. The van der Waals surface area contributed by atoms with Crippen LogP contribution in [0.3, 0.4) is 0 Å². The van der Waals surface area contributed by atoms with E-state index in [0.29, 0.717) is 6.54 Å². The van der Waals surface area contributed by atoms with Crippen molar-refractivity contribution in [2.45, 2.75) is 62.3 Å². The molecule has 0 aromatic heterocycles. The van der Waals surface area contributed by atoms with Crippen molar-refractivity contribution in [1.29, 1.82) is 0 Å². The van der Waals surface area contributed by atoms with E-state index >= 15 is 0 Å². The van der Waals surface area contributed by atoms with E-state index in [1.54, 1.807) is 32.5 Å². The Hall–Kier alpha value is -6.40. The Kier molecular flexibility index (Phi) is 14.5. The van der Waals surface area contributed by atoms with Gasteiger partial charge >= 0.3 is 6.09 Å². The SMILES string of the molecule is CC(C)[C@H](NC(=O)CNC(=O)CN(C)C(=O)OC1c2ccccc2-c2ccccc21)C(=O)N[C@@H](C)C(=O)NCC(C)(C)SC(c1ccccc1)(c1ccccc1)c1ccccc1. The summed E-state index contributed by atoms with van der Waals surface area (Å²) < 4.78 is 4.76. The molecule has 0 heterocycles. The van der Waals surface area contributed by atoms with Crippen molar-refractivity contribution in [2.24, 2.45) is 5.92 Å². The maximum absolute atomic E-state index is 13.5. The second-order valence-electron chi connectivity index (χ2n) is 16.4. The highest BCUT2D eigenvalue weighted by molar-refractivity contribution is 8.02. The van der Waals surface area contributed by atoms with Gasteiger partial charge in [0, 0.05) is 29.5 Å². The molecule has 1 aliphatic rings. The van der Waals surface area contributed by atoms with Crippen LogP contribution in [-0.2, 0) is 28.7 Å². The molecule has 0 radical (unpaired) electrons. The van der Waals surface area contributed by atoms with Gasteiger partial charge in [-0.25, -0.2) is 4.79 Å². The molecule has 0 unspecified atom stereocenters. The fourth-order valence-corrected chi connectivity index (χ4v) is 9.40. The Bertz CT molecular complexity index is 2220. The summed E-state index contributed by atoms with van der Waals surface area (Å²) in [5.41, 5.74) is 7.02. The fourth-order valence-electron chi connectivity index (χ4n) is 7.67. The lowest BCUT2D eigenvalue weighted by atomic mass is 9.84. The van der Waals surface area contributed by atoms with Crippen LogP contribution >= 0.6 is 11.8 Å². The van der Waals surface area contributed by atoms with Crippen molar-refractivity contribution in [3.05, 3.63) is 167 Å². The molecule has 62 heavy (non-hydrogen) atoms. The summed E-state index contributed by atoms with van der Waals surface area (Å²) in [5.74, 6) is -2.44. The minimum Gasteiger partial charge on any atom is -0.436 e. The molecule has 0 fully saturated rings. The number of benzene rings is 5. The van der Waals surface area contributed by atoms with Crippen LogP contribution in [0, 0.1) is 5.92 Å². The molecule has 5 aromatic carbocycles. The average molecular weight is 854 g/mol. The molecule has 12 heteroatoms. The van der Waals surface area contributed by atoms with Gasteiger partial charge in [-0.05, 0) is 54.5 Å². The molecular weight excluding hydrogens is 799 g/mol. The summed E-state index contributed by atoms with van der Waals surface area (Å²) in [7, 11) is 1.44. The van der Waals surface area contributed by atoms with Crippen LogP contribution in [0.2, 0.25) is 0 Å². The van der Waals surface area contributed by atoms with Crippen LogP contribution in [0.1, 0.15) is 68.5 Å². The van der Waals surface area contributed by atoms with E-state index in [-0.39, 0.29) is 18.4 Å². The third-order valence-corrected chi connectivity index (χ3v) is 12.5. The number of carbonyl (C=O) groups excluding carboxylic acids is 5. The summed E-state index contributed by atoms with van der Waals surface area (Å²) in [4.78, 5) is 67.1. The zero-order valence-corrected chi connectivity index (χ0v) is 36.8. The Morgan fingerprint density at radius 3 is 1.58 bits per heavy atom. The number of amides is 5. The van der Waals surface area contributed by atoms with Crippen molar-refractivity contribution < 1.29 is 28.7 Å². The zero-order chi connectivity index (χ0) is 44.4. The van der Waals surface area contributed by atoms with Gasteiger partial charge in [0.05, 0.1) is 11.3 Å². The summed E-state index contributed by atoms with van der Waals surface area (Å²) in [6.45, 7) is 8.83. The lowest BCUT2D eigenvalue weighted by Gasteiger charge is -2.41. The topological polar surface area (TPSA) is 146 Å². The second-order valence-corrected chi connectivity index (χ2v) is 18.4. The van der Waals surface area contributed by atoms with E-state index in [4.69, 9.17) is 4.74 Å². The van der Waals surface area contributed by atoms with Gasteiger partial charge in [-0.2, -0.15) is 0 Å². The van der Waals surface area contributed by atoms with Gasteiger partial charge < -0.3 is 30.9 Å². The number of nitrogens with one attached hydrogen (secondary N) is 4. The molecule has 0 saturated carbocycles. The summed E-state index contributed by atoms with van der Waals surface area (Å²) in [6, 6.07) is 44.5. The van der Waals surface area contributed by atoms with Crippen LogP contribution in [0.15, 0.2) is 140 Å². The Balaban J connectivity index is 1.00. The molecule has 0 aliphatic heterocycles. The smallest absolute Gasteiger partial charge is 0.410 e. The first kappa shape index (κ1) is 45.1. The van der Waals surface area contributed by atoms with Crippen molar-refractivity contribution in [3.63, 3.8) is 0 Å². The molecule has 322 valence electrons. The normalized spacial score (nSPS) is 13.2. The molecule has 0 spiro atoms. The molecule has 1 aliphatic carbocycles. The highest BCUT2D eigenvalue weighted by Crippen LogP contribution is 2.53. The fraction of sp³-hybridized carbons (Fsp3) is 0.300. The number of hydrogen-bond acceptors (Lipinski definition) is 7. The summed E-state index contributed by atoms with van der Waals surface area (Å²) in [6.07, 6.45) is -1.31. The number of thioether (sulfide) groups is 1. The van der Waals surface area contributed by atoms with Gasteiger partial charge in [0.1, 0.15) is 18.6 Å². The van der Waals surface area contributed by atoms with Crippen LogP contribution < -0.4 is 21.3 Å². The molecule has 0 bridgehead atoms. The number of carbonyl (C=O) groups is 5. The van der Waals surface area contributed by atoms with Gasteiger partial charge in [-0.3, -0.25) is 19.2 Å². The van der Waals surface area contributed by atoms with E-state index in [2.05, 4.69) is 71.5 Å². The maximum Gasteiger partial charge on any atom is 0.410 e. The van der Waals surface area contributed by atoms with Crippen LogP contribution in [0.25, 0.3) is 11.1 Å². The van der Waals surface area contributed by atoms with Gasteiger partial charge in [-0.15, -0.1) is 11.8 Å². The van der Waals surface area contributed by atoms with Crippen molar-refractivity contribution in [3.8, 4) is 11.1 Å². The molecule has 2 atom stereocenters. The Morgan fingerprint density at radius 2 is 1.10 bits per heavy atom. The minimum atomic E-state index is -0.986. The quantitative estimate of drug-likeness (QED) is 0.0724. The van der Waals surface area contributed by atoms with Crippen molar-refractivity contribution >= 4 is 41.5 Å². The maximum atomic E-state index is 13.5.